The van der Waals surface area contributed by atoms with Gasteiger partial charge in [-0.3, -0.25) is 9.89 Å². The monoisotopic (exact) mass is 376 g/mol. The molecule has 0 aliphatic carbocycles. The van der Waals surface area contributed by atoms with Crippen molar-refractivity contribution in [1.29, 1.82) is 5.26 Å². The summed E-state index contributed by atoms with van der Waals surface area (Å²) in [4.78, 5) is 12.5. The second-order valence-corrected chi connectivity index (χ2v) is 6.42. The number of halogens is 1. The predicted octanol–water partition coefficient (Wildman–Crippen LogP) is 4.51. The van der Waals surface area contributed by atoms with Gasteiger partial charge in [-0.2, -0.15) is 10.4 Å². The minimum atomic E-state index is -0.433. The molecule has 2 N–H and O–H groups in total. The van der Waals surface area contributed by atoms with Crippen LogP contribution in [0.15, 0.2) is 66.4 Å². The third-order valence-electron chi connectivity index (χ3n) is 4.11. The number of H-pyrrole nitrogens is 1. The van der Waals surface area contributed by atoms with Gasteiger partial charge in [-0.05, 0) is 30.7 Å². The van der Waals surface area contributed by atoms with E-state index in [4.69, 9.17) is 11.6 Å². The first-order valence-corrected chi connectivity index (χ1v) is 8.73. The minimum Gasteiger partial charge on any atom is -0.345 e. The van der Waals surface area contributed by atoms with Crippen molar-refractivity contribution in [2.45, 2.75) is 13.0 Å². The average molecular weight is 377 g/mol. The number of carbonyl (C=O) groups is 1. The Kier molecular flexibility index (Phi) is 5.70. The fourth-order valence-corrected chi connectivity index (χ4v) is 2.78. The van der Waals surface area contributed by atoms with Crippen LogP contribution in [0.1, 0.15) is 24.1 Å². The summed E-state index contributed by atoms with van der Waals surface area (Å²) in [5.74, 6) is -0.433. The number of aromatic amines is 1. The van der Waals surface area contributed by atoms with Crippen LogP contribution < -0.4 is 5.32 Å². The van der Waals surface area contributed by atoms with E-state index in [1.807, 2.05) is 55.5 Å². The molecule has 0 aliphatic heterocycles. The molecular weight excluding hydrogens is 360 g/mol. The molecule has 6 heteroatoms. The second-order valence-electron chi connectivity index (χ2n) is 5.98. The predicted molar refractivity (Wildman–Crippen MR) is 106 cm³/mol. The molecule has 1 unspecified atom stereocenters. The lowest BCUT2D eigenvalue weighted by molar-refractivity contribution is -0.117. The highest BCUT2D eigenvalue weighted by molar-refractivity contribution is 6.30. The van der Waals surface area contributed by atoms with Crippen molar-refractivity contribution in [2.24, 2.45) is 0 Å². The van der Waals surface area contributed by atoms with Gasteiger partial charge in [-0.1, -0.05) is 54.1 Å². The molecule has 3 aromatic rings. The molecule has 1 atom stereocenters. The summed E-state index contributed by atoms with van der Waals surface area (Å²) in [6, 6.07) is 18.6. The van der Waals surface area contributed by atoms with Crippen LogP contribution in [-0.2, 0) is 4.79 Å². The molecular formula is C21H17ClN4O. The maximum atomic E-state index is 12.5. The van der Waals surface area contributed by atoms with E-state index >= 15 is 0 Å². The van der Waals surface area contributed by atoms with Gasteiger partial charge in [0.1, 0.15) is 11.6 Å². The molecule has 27 heavy (non-hydrogen) atoms. The first-order chi connectivity index (χ1) is 13.1. The highest BCUT2D eigenvalue weighted by Crippen LogP contribution is 2.24. The molecule has 0 spiro atoms. The Bertz CT molecular complexity index is 1000. The molecule has 1 aromatic heterocycles. The largest absolute Gasteiger partial charge is 0.345 e. The second kappa shape index (κ2) is 8.35. The summed E-state index contributed by atoms with van der Waals surface area (Å²) in [6.07, 6.45) is 3.11. The molecule has 2 aromatic carbocycles. The van der Waals surface area contributed by atoms with E-state index in [-0.39, 0.29) is 11.6 Å². The van der Waals surface area contributed by atoms with Gasteiger partial charge < -0.3 is 5.32 Å². The Hall–Kier alpha value is -3.36. The van der Waals surface area contributed by atoms with Crippen molar-refractivity contribution in [2.75, 3.05) is 0 Å². The molecule has 5 nitrogen and oxygen atoms in total. The van der Waals surface area contributed by atoms with Crippen molar-refractivity contribution >= 4 is 23.6 Å². The number of nitrogens with zero attached hydrogens (tertiary/aromatic N) is 2. The lowest BCUT2D eigenvalue weighted by Crippen LogP contribution is -2.27. The Morgan fingerprint density at radius 1 is 1.22 bits per heavy atom. The first kappa shape index (κ1) is 18.4. The summed E-state index contributed by atoms with van der Waals surface area (Å²) < 4.78 is 0. The van der Waals surface area contributed by atoms with Crippen molar-refractivity contribution < 1.29 is 4.79 Å². The summed E-state index contributed by atoms with van der Waals surface area (Å²) >= 11 is 5.93. The van der Waals surface area contributed by atoms with Crippen LogP contribution in [0.2, 0.25) is 5.02 Å². The molecule has 0 bridgehead atoms. The molecule has 1 heterocycles. The van der Waals surface area contributed by atoms with E-state index in [2.05, 4.69) is 15.5 Å². The summed E-state index contributed by atoms with van der Waals surface area (Å²) in [6.45, 7) is 1.87. The SMILES string of the molecule is CC(NC(=O)/C(C#N)=C/c1cn[nH]c1-c1ccc(Cl)cc1)c1ccccc1. The van der Waals surface area contributed by atoms with Crippen molar-refractivity contribution in [3.63, 3.8) is 0 Å². The highest BCUT2D eigenvalue weighted by atomic mass is 35.5. The summed E-state index contributed by atoms with van der Waals surface area (Å²) in [7, 11) is 0. The van der Waals surface area contributed by atoms with Crippen molar-refractivity contribution in [3.8, 4) is 17.3 Å². The van der Waals surface area contributed by atoms with Crippen LogP contribution in [0.25, 0.3) is 17.3 Å². The van der Waals surface area contributed by atoms with E-state index in [1.54, 1.807) is 18.3 Å². The van der Waals surface area contributed by atoms with Gasteiger partial charge in [-0.25, -0.2) is 0 Å². The quantitative estimate of drug-likeness (QED) is 0.507. The Labute approximate surface area is 162 Å². The van der Waals surface area contributed by atoms with E-state index in [9.17, 15) is 10.1 Å². The molecule has 0 aliphatic rings. The summed E-state index contributed by atoms with van der Waals surface area (Å²) in [5.41, 5.74) is 3.20. The van der Waals surface area contributed by atoms with Gasteiger partial charge in [0.2, 0.25) is 0 Å². The summed E-state index contributed by atoms with van der Waals surface area (Å²) in [5, 5.41) is 19.9. The molecule has 0 fully saturated rings. The Morgan fingerprint density at radius 2 is 1.93 bits per heavy atom. The number of hydrogen-bond acceptors (Lipinski definition) is 3. The number of carbonyl (C=O) groups excluding carboxylic acids is 1. The smallest absolute Gasteiger partial charge is 0.262 e. The van der Waals surface area contributed by atoms with E-state index in [0.717, 1.165) is 11.1 Å². The van der Waals surface area contributed by atoms with Gasteiger partial charge >= 0.3 is 0 Å². The van der Waals surface area contributed by atoms with Crippen LogP contribution in [0.4, 0.5) is 0 Å². The van der Waals surface area contributed by atoms with E-state index in [0.29, 0.717) is 16.3 Å². The molecule has 134 valence electrons. The minimum absolute atomic E-state index is 0.00870. The van der Waals surface area contributed by atoms with E-state index < -0.39 is 5.91 Å². The number of rotatable bonds is 5. The topological polar surface area (TPSA) is 81.6 Å². The van der Waals surface area contributed by atoms with Gasteiger partial charge in [0.15, 0.2) is 0 Å². The number of nitrogens with one attached hydrogen (secondary N) is 2. The lowest BCUT2D eigenvalue weighted by atomic mass is 10.1. The fraction of sp³-hybridized carbons (Fsp3) is 0.0952. The fourth-order valence-electron chi connectivity index (χ4n) is 2.66. The van der Waals surface area contributed by atoms with Crippen LogP contribution >= 0.6 is 11.6 Å². The van der Waals surface area contributed by atoms with Crippen molar-refractivity contribution in [1.82, 2.24) is 15.5 Å². The van der Waals surface area contributed by atoms with Crippen LogP contribution in [-0.4, -0.2) is 16.1 Å². The lowest BCUT2D eigenvalue weighted by Gasteiger charge is -2.13. The maximum absolute atomic E-state index is 12.5. The number of nitriles is 1. The third kappa shape index (κ3) is 4.43. The normalized spacial score (nSPS) is 12.3. The average Bonchev–Trinajstić information content (AvgIpc) is 3.15. The van der Waals surface area contributed by atoms with Crippen LogP contribution in [0.5, 0.6) is 0 Å². The number of aromatic nitrogens is 2. The van der Waals surface area contributed by atoms with Crippen LogP contribution in [0, 0.1) is 11.3 Å². The van der Waals surface area contributed by atoms with Crippen molar-refractivity contribution in [3.05, 3.63) is 82.5 Å². The molecule has 0 saturated heterocycles. The van der Waals surface area contributed by atoms with Gasteiger partial charge in [0, 0.05) is 16.1 Å². The highest BCUT2D eigenvalue weighted by Gasteiger charge is 2.15. The number of amides is 1. The molecule has 1 amide bonds. The van der Waals surface area contributed by atoms with Gasteiger partial charge in [0.25, 0.3) is 5.91 Å². The third-order valence-corrected chi connectivity index (χ3v) is 4.37. The molecule has 0 radical (unpaired) electrons. The Balaban J connectivity index is 1.83. The van der Waals surface area contributed by atoms with Gasteiger partial charge in [0.05, 0.1) is 17.9 Å². The van der Waals surface area contributed by atoms with E-state index in [1.165, 1.54) is 6.08 Å². The molecule has 0 saturated carbocycles. The maximum Gasteiger partial charge on any atom is 0.262 e. The van der Waals surface area contributed by atoms with Gasteiger partial charge in [-0.15, -0.1) is 0 Å². The zero-order valence-electron chi connectivity index (χ0n) is 14.6. The Morgan fingerprint density at radius 3 is 2.59 bits per heavy atom. The standard InChI is InChI=1S/C21H17ClN4O/c1-14(15-5-3-2-4-6-15)25-21(27)17(12-23)11-18-13-24-26-20(18)16-7-9-19(22)10-8-16/h2-11,13-14H,1H3,(H,24,26)(H,25,27)/b17-11+. The zero-order chi connectivity index (χ0) is 19.2. The zero-order valence-corrected chi connectivity index (χ0v) is 15.4. The number of hydrogen-bond donors (Lipinski definition) is 2. The van der Waals surface area contributed by atoms with Crippen LogP contribution in [0.3, 0.4) is 0 Å². The molecule has 3 rings (SSSR count). The first-order valence-electron chi connectivity index (χ1n) is 8.35. The number of benzene rings is 2.